The van der Waals surface area contributed by atoms with Gasteiger partial charge in [0, 0.05) is 18.4 Å². The molecule has 0 spiro atoms. The second-order valence-electron chi connectivity index (χ2n) is 5.35. The molecule has 0 unspecified atom stereocenters. The van der Waals surface area contributed by atoms with Gasteiger partial charge in [0.05, 0.1) is 5.69 Å². The molecule has 1 aliphatic heterocycles. The van der Waals surface area contributed by atoms with Gasteiger partial charge in [0.1, 0.15) is 6.29 Å². The number of hydrogen-bond donors (Lipinski definition) is 0. The van der Waals surface area contributed by atoms with Crippen molar-refractivity contribution in [1.29, 1.82) is 0 Å². The maximum atomic E-state index is 12.0. The molecule has 1 aromatic carbocycles. The molecule has 94 valence electrons. The molecule has 0 radical (unpaired) electrons. The summed E-state index contributed by atoms with van der Waals surface area (Å²) in [4.78, 5) is 35.8. The third-order valence-electron chi connectivity index (χ3n) is 3.05. The van der Waals surface area contributed by atoms with Crippen molar-refractivity contribution in [2.75, 3.05) is 4.90 Å². The van der Waals surface area contributed by atoms with E-state index in [2.05, 4.69) is 0 Å². The molecule has 2 rings (SSSR count). The van der Waals surface area contributed by atoms with Crippen LogP contribution in [0.2, 0.25) is 0 Å². The fraction of sp³-hybridized carbons (Fsp3) is 0.357. The first kappa shape index (κ1) is 12.5. The Kier molecular flexibility index (Phi) is 3.03. The molecule has 0 bridgehead atoms. The van der Waals surface area contributed by atoms with E-state index in [1.807, 2.05) is 13.8 Å². The van der Waals surface area contributed by atoms with Gasteiger partial charge in [0.15, 0.2) is 0 Å². The van der Waals surface area contributed by atoms with Crippen LogP contribution in [0.5, 0.6) is 0 Å². The van der Waals surface area contributed by atoms with E-state index in [4.69, 9.17) is 0 Å². The van der Waals surface area contributed by atoms with Crippen LogP contribution in [0.3, 0.4) is 0 Å². The molecular formula is C14H15NO3. The average Bonchev–Trinajstić information content (AvgIpc) is 2.27. The zero-order valence-corrected chi connectivity index (χ0v) is 10.5. The van der Waals surface area contributed by atoms with Crippen LogP contribution in [-0.2, 0) is 9.59 Å². The molecule has 2 amide bonds. The highest BCUT2D eigenvalue weighted by Crippen LogP contribution is 2.33. The monoisotopic (exact) mass is 245 g/mol. The van der Waals surface area contributed by atoms with Crippen molar-refractivity contribution < 1.29 is 14.4 Å². The van der Waals surface area contributed by atoms with Crippen molar-refractivity contribution in [1.82, 2.24) is 0 Å². The SMILES string of the molecule is CC1(C)CC(=O)N(c2ccc(C=O)cc2)C(=O)C1. The molecule has 1 fully saturated rings. The van der Waals surface area contributed by atoms with Gasteiger partial charge in [-0.15, -0.1) is 0 Å². The number of hydrogen-bond acceptors (Lipinski definition) is 3. The Morgan fingerprint density at radius 2 is 1.56 bits per heavy atom. The summed E-state index contributed by atoms with van der Waals surface area (Å²) < 4.78 is 0. The highest BCUT2D eigenvalue weighted by Gasteiger charge is 2.38. The summed E-state index contributed by atoms with van der Waals surface area (Å²) in [5.41, 5.74) is 0.787. The molecule has 1 saturated heterocycles. The quantitative estimate of drug-likeness (QED) is 0.592. The predicted molar refractivity (Wildman–Crippen MR) is 67.3 cm³/mol. The number of benzene rings is 1. The minimum absolute atomic E-state index is 0.185. The van der Waals surface area contributed by atoms with Gasteiger partial charge >= 0.3 is 0 Å². The van der Waals surface area contributed by atoms with Crippen LogP contribution in [-0.4, -0.2) is 18.1 Å². The Balaban J connectivity index is 2.29. The van der Waals surface area contributed by atoms with E-state index in [0.717, 1.165) is 6.29 Å². The van der Waals surface area contributed by atoms with E-state index in [1.54, 1.807) is 24.3 Å². The minimum atomic E-state index is -0.270. The van der Waals surface area contributed by atoms with Crippen LogP contribution >= 0.6 is 0 Å². The van der Waals surface area contributed by atoms with Crippen LogP contribution in [0.25, 0.3) is 0 Å². The first-order valence-corrected chi connectivity index (χ1v) is 5.84. The molecule has 0 aromatic heterocycles. The fourth-order valence-electron chi connectivity index (χ4n) is 2.17. The largest absolute Gasteiger partial charge is 0.298 e. The topological polar surface area (TPSA) is 54.5 Å². The molecule has 1 aromatic rings. The summed E-state index contributed by atoms with van der Waals surface area (Å²) in [7, 11) is 0. The lowest BCUT2D eigenvalue weighted by atomic mass is 9.81. The Morgan fingerprint density at radius 1 is 1.06 bits per heavy atom. The molecule has 0 saturated carbocycles. The molecule has 4 nitrogen and oxygen atoms in total. The Hall–Kier alpha value is -1.97. The van der Waals surface area contributed by atoms with Gasteiger partial charge in [-0.25, -0.2) is 0 Å². The molecule has 18 heavy (non-hydrogen) atoms. The second kappa shape index (κ2) is 4.37. The first-order valence-electron chi connectivity index (χ1n) is 5.84. The highest BCUT2D eigenvalue weighted by atomic mass is 16.2. The zero-order chi connectivity index (χ0) is 13.3. The summed E-state index contributed by atoms with van der Waals surface area (Å²) in [6.45, 7) is 3.82. The van der Waals surface area contributed by atoms with E-state index in [-0.39, 0.29) is 17.2 Å². The first-order chi connectivity index (χ1) is 8.43. The second-order valence-corrected chi connectivity index (χ2v) is 5.35. The van der Waals surface area contributed by atoms with Crippen molar-refractivity contribution in [3.05, 3.63) is 29.8 Å². The third-order valence-corrected chi connectivity index (χ3v) is 3.05. The summed E-state index contributed by atoms with van der Waals surface area (Å²) >= 11 is 0. The van der Waals surface area contributed by atoms with Crippen molar-refractivity contribution in [2.24, 2.45) is 5.41 Å². The van der Waals surface area contributed by atoms with E-state index >= 15 is 0 Å². The molecule has 1 aliphatic rings. The Labute approximate surface area is 106 Å². The van der Waals surface area contributed by atoms with Gasteiger partial charge in [-0.3, -0.25) is 19.3 Å². The van der Waals surface area contributed by atoms with Gasteiger partial charge in [-0.1, -0.05) is 13.8 Å². The number of carbonyl (C=O) groups is 3. The lowest BCUT2D eigenvalue weighted by molar-refractivity contribution is -0.132. The van der Waals surface area contributed by atoms with Crippen LogP contribution in [0.15, 0.2) is 24.3 Å². The standard InChI is InChI=1S/C14H15NO3/c1-14(2)7-12(17)15(13(18)8-14)11-5-3-10(9-16)4-6-11/h3-6,9H,7-8H2,1-2H3. The number of aldehydes is 1. The van der Waals surface area contributed by atoms with Gasteiger partial charge < -0.3 is 0 Å². The number of rotatable bonds is 2. The van der Waals surface area contributed by atoms with Crippen LogP contribution in [0, 0.1) is 5.41 Å². The highest BCUT2D eigenvalue weighted by molar-refractivity contribution is 6.16. The van der Waals surface area contributed by atoms with Gasteiger partial charge in [-0.05, 0) is 29.7 Å². The van der Waals surface area contributed by atoms with Crippen molar-refractivity contribution in [3.63, 3.8) is 0 Å². The van der Waals surface area contributed by atoms with E-state index in [1.165, 1.54) is 4.90 Å². The molecular weight excluding hydrogens is 230 g/mol. The number of carbonyl (C=O) groups excluding carboxylic acids is 3. The summed E-state index contributed by atoms with van der Waals surface area (Å²) in [5.74, 6) is -0.370. The average molecular weight is 245 g/mol. The summed E-state index contributed by atoms with van der Waals surface area (Å²) in [6.07, 6.45) is 1.44. The predicted octanol–water partition coefficient (Wildman–Crippen LogP) is 2.18. The summed E-state index contributed by atoms with van der Waals surface area (Å²) in [5, 5.41) is 0. The summed E-state index contributed by atoms with van der Waals surface area (Å²) in [6, 6.07) is 6.45. The van der Waals surface area contributed by atoms with Crippen molar-refractivity contribution in [3.8, 4) is 0 Å². The van der Waals surface area contributed by atoms with Crippen LogP contribution in [0.4, 0.5) is 5.69 Å². The molecule has 1 heterocycles. The van der Waals surface area contributed by atoms with Gasteiger partial charge in [0.25, 0.3) is 0 Å². The lowest BCUT2D eigenvalue weighted by Crippen LogP contribution is -2.46. The Bertz CT molecular complexity index is 482. The van der Waals surface area contributed by atoms with Crippen molar-refractivity contribution >= 4 is 23.8 Å². The van der Waals surface area contributed by atoms with E-state index in [0.29, 0.717) is 24.1 Å². The Morgan fingerprint density at radius 3 is 2.00 bits per heavy atom. The minimum Gasteiger partial charge on any atom is -0.298 e. The van der Waals surface area contributed by atoms with E-state index < -0.39 is 0 Å². The maximum absolute atomic E-state index is 12.0. The fourth-order valence-corrected chi connectivity index (χ4v) is 2.17. The maximum Gasteiger partial charge on any atom is 0.234 e. The number of nitrogens with zero attached hydrogens (tertiary/aromatic N) is 1. The molecule has 0 aliphatic carbocycles. The number of piperidine rings is 1. The molecule has 4 heteroatoms. The zero-order valence-electron chi connectivity index (χ0n) is 10.5. The number of anilines is 1. The van der Waals surface area contributed by atoms with Crippen LogP contribution < -0.4 is 4.90 Å². The normalized spacial score (nSPS) is 18.9. The van der Waals surface area contributed by atoms with Crippen molar-refractivity contribution in [2.45, 2.75) is 26.7 Å². The molecule has 0 atom stereocenters. The van der Waals surface area contributed by atoms with Crippen LogP contribution in [0.1, 0.15) is 37.0 Å². The number of amides is 2. The smallest absolute Gasteiger partial charge is 0.234 e. The van der Waals surface area contributed by atoms with E-state index in [9.17, 15) is 14.4 Å². The van der Waals surface area contributed by atoms with Gasteiger partial charge in [0.2, 0.25) is 11.8 Å². The van der Waals surface area contributed by atoms with Gasteiger partial charge in [-0.2, -0.15) is 0 Å². The third kappa shape index (κ3) is 2.32. The number of imide groups is 1. The molecule has 0 N–H and O–H groups in total. The lowest BCUT2D eigenvalue weighted by Gasteiger charge is -2.34.